The van der Waals surface area contributed by atoms with E-state index >= 15 is 0 Å². The first-order chi connectivity index (χ1) is 16.3. The number of hydrogen-bond acceptors (Lipinski definition) is 6. The molecule has 0 amide bonds. The van der Waals surface area contributed by atoms with Crippen LogP contribution >= 0.6 is 9.24 Å². The lowest BCUT2D eigenvalue weighted by molar-refractivity contribution is -0.112. The van der Waals surface area contributed by atoms with Gasteiger partial charge in [0.25, 0.3) is 0 Å². The average molecular weight is 481 g/mol. The van der Waals surface area contributed by atoms with Crippen molar-refractivity contribution in [2.75, 3.05) is 26.7 Å². The summed E-state index contributed by atoms with van der Waals surface area (Å²) in [5.74, 6) is 1.25. The minimum Gasteiger partial charge on any atom is -0.496 e. The summed E-state index contributed by atoms with van der Waals surface area (Å²) >= 11 is 0. The van der Waals surface area contributed by atoms with Gasteiger partial charge in [0.05, 0.1) is 28.5 Å². The van der Waals surface area contributed by atoms with Crippen LogP contribution in [0.1, 0.15) is 33.6 Å². The highest BCUT2D eigenvalue weighted by Crippen LogP contribution is 2.51. The van der Waals surface area contributed by atoms with Crippen LogP contribution in [0.15, 0.2) is 87.5 Å². The molecule has 0 bridgehead atoms. The number of ketones is 1. The molecule has 1 heterocycles. The normalized spacial score (nSPS) is 21.1. The Morgan fingerprint density at radius 2 is 2.15 bits per heavy atom. The second-order valence-corrected chi connectivity index (χ2v) is 9.83. The van der Waals surface area contributed by atoms with E-state index in [-0.39, 0.29) is 17.0 Å². The predicted octanol–water partition coefficient (Wildman–Crippen LogP) is 3.84. The molecule has 182 valence electrons. The second-order valence-electron chi connectivity index (χ2n) is 9.02. The maximum atomic E-state index is 13.4. The largest absolute Gasteiger partial charge is 0.496 e. The quantitative estimate of drug-likeness (QED) is 0.238. The first kappa shape index (κ1) is 26.1. The molecule has 7 heteroatoms. The van der Waals surface area contributed by atoms with Crippen molar-refractivity contribution < 1.29 is 9.53 Å². The standard InChI is InChI=1S/C27H37N4O2P/c1-5-18(16-30-14-8-6-7-13-28)9-12-22-24-25(32)20-11-10-19(33-17-23(34)29-4)15-21(20)27(2,3)26(24)31-22/h5-9,12-13,15,23,29-30H,10-11,14,16-17,28,34H2,1-4H3/b8-6-,12-9-,13-7-,18-5+. The summed E-state index contributed by atoms with van der Waals surface area (Å²) in [5.41, 5.74) is 10.5. The van der Waals surface area contributed by atoms with Crippen LogP contribution in [0.3, 0.4) is 0 Å². The summed E-state index contributed by atoms with van der Waals surface area (Å²) in [7, 11) is 4.63. The van der Waals surface area contributed by atoms with Gasteiger partial charge in [-0.2, -0.15) is 0 Å². The zero-order valence-electron chi connectivity index (χ0n) is 20.7. The number of likely N-dealkylation sites (N-methyl/N-ethyl adjacent to an activating group) is 1. The van der Waals surface area contributed by atoms with Crippen LogP contribution in [-0.4, -0.2) is 44.0 Å². The number of carbonyl (C=O) groups is 1. The number of allylic oxidation sites excluding steroid dienone is 9. The zero-order valence-corrected chi connectivity index (χ0v) is 21.8. The first-order valence-electron chi connectivity index (χ1n) is 11.8. The number of Topliss-reactive ketones (excluding diaryl/α,β-unsaturated/α-hetero) is 1. The van der Waals surface area contributed by atoms with E-state index in [4.69, 9.17) is 15.5 Å². The molecule has 0 radical (unpaired) electrons. The highest BCUT2D eigenvalue weighted by atomic mass is 31.0. The highest BCUT2D eigenvalue weighted by Gasteiger charge is 2.46. The summed E-state index contributed by atoms with van der Waals surface area (Å²) in [5, 5.41) is 6.52. The molecule has 2 atom stereocenters. The minimum absolute atomic E-state index is 0.117. The van der Waals surface area contributed by atoms with Crippen LogP contribution in [-0.2, 0) is 9.53 Å². The van der Waals surface area contributed by atoms with Gasteiger partial charge in [-0.05, 0) is 56.0 Å². The average Bonchev–Trinajstić information content (AvgIpc) is 2.81. The van der Waals surface area contributed by atoms with Crippen molar-refractivity contribution in [2.24, 2.45) is 16.1 Å². The first-order valence-corrected chi connectivity index (χ1v) is 12.5. The van der Waals surface area contributed by atoms with E-state index in [1.165, 1.54) is 6.20 Å². The monoisotopic (exact) mass is 480 g/mol. The van der Waals surface area contributed by atoms with Crippen molar-refractivity contribution in [3.8, 4) is 0 Å². The Hall–Kier alpha value is -2.53. The molecule has 3 rings (SSSR count). The third-order valence-corrected chi connectivity index (χ3v) is 6.86. The van der Waals surface area contributed by atoms with Gasteiger partial charge < -0.3 is 21.1 Å². The number of nitrogens with one attached hydrogen (secondary N) is 2. The maximum Gasteiger partial charge on any atom is 0.193 e. The topological polar surface area (TPSA) is 88.7 Å². The SMILES string of the molecule is C/C=C(\C=C/C1=NC2=C1C(=O)C1=C(C=C(OCC(P)NC)CC1)C2(C)C)CNC/C=C\C=C/N. The van der Waals surface area contributed by atoms with Crippen molar-refractivity contribution in [2.45, 2.75) is 39.4 Å². The molecule has 0 aromatic heterocycles. The van der Waals surface area contributed by atoms with E-state index in [9.17, 15) is 4.79 Å². The van der Waals surface area contributed by atoms with Crippen molar-refractivity contribution in [1.82, 2.24) is 10.6 Å². The van der Waals surface area contributed by atoms with E-state index in [1.54, 1.807) is 6.08 Å². The molecule has 0 spiro atoms. The van der Waals surface area contributed by atoms with Crippen LogP contribution in [0.2, 0.25) is 0 Å². The molecule has 0 aromatic carbocycles. The summed E-state index contributed by atoms with van der Waals surface area (Å²) in [6, 6.07) is 0. The number of hydrogen-bond donors (Lipinski definition) is 3. The van der Waals surface area contributed by atoms with Gasteiger partial charge in [-0.25, -0.2) is 0 Å². The number of nitrogens with two attached hydrogens (primary N) is 1. The number of rotatable bonds is 11. The Kier molecular flexibility index (Phi) is 9.01. The zero-order chi connectivity index (χ0) is 24.7. The fraction of sp³-hybridized carbons (Fsp3) is 0.407. The Labute approximate surface area is 205 Å². The predicted molar refractivity (Wildman–Crippen MR) is 144 cm³/mol. The Bertz CT molecular complexity index is 1050. The number of ether oxygens (including phenoxy) is 1. The van der Waals surface area contributed by atoms with Gasteiger partial charge >= 0.3 is 0 Å². The van der Waals surface area contributed by atoms with Gasteiger partial charge in [-0.15, -0.1) is 9.24 Å². The van der Waals surface area contributed by atoms with Gasteiger partial charge in [-0.3, -0.25) is 9.79 Å². The third-order valence-electron chi connectivity index (χ3n) is 6.34. The van der Waals surface area contributed by atoms with Crippen LogP contribution in [0.25, 0.3) is 0 Å². The minimum atomic E-state index is -0.316. The molecule has 0 saturated heterocycles. The van der Waals surface area contributed by atoms with Gasteiger partial charge in [0, 0.05) is 30.5 Å². The summed E-state index contributed by atoms with van der Waals surface area (Å²) < 4.78 is 6.00. The molecule has 0 fully saturated rings. The van der Waals surface area contributed by atoms with Crippen LogP contribution in [0, 0.1) is 5.41 Å². The van der Waals surface area contributed by atoms with Gasteiger partial charge in [0.15, 0.2) is 5.78 Å². The summed E-state index contributed by atoms with van der Waals surface area (Å²) in [6.45, 7) is 8.37. The lowest BCUT2D eigenvalue weighted by Crippen LogP contribution is -2.37. The Morgan fingerprint density at radius 1 is 1.35 bits per heavy atom. The number of aliphatic imine (C=N–C) groups is 1. The number of nitrogens with zero attached hydrogens (tertiary/aromatic N) is 1. The van der Waals surface area contributed by atoms with Crippen LogP contribution < -0.4 is 16.4 Å². The lowest BCUT2D eigenvalue weighted by atomic mass is 9.66. The van der Waals surface area contributed by atoms with Crippen LogP contribution in [0.5, 0.6) is 0 Å². The van der Waals surface area contributed by atoms with Crippen molar-refractivity contribution >= 4 is 20.7 Å². The highest BCUT2D eigenvalue weighted by molar-refractivity contribution is 7.17. The second kappa shape index (κ2) is 11.7. The molecule has 2 aliphatic carbocycles. The van der Waals surface area contributed by atoms with E-state index in [0.29, 0.717) is 13.0 Å². The fourth-order valence-electron chi connectivity index (χ4n) is 4.22. The molecule has 4 N–H and O–H groups in total. The number of carbonyl (C=O) groups excluding carboxylic acids is 1. The molecular weight excluding hydrogens is 443 g/mol. The van der Waals surface area contributed by atoms with Crippen LogP contribution in [0.4, 0.5) is 0 Å². The molecule has 1 aliphatic heterocycles. The van der Waals surface area contributed by atoms with Gasteiger partial charge in [0.1, 0.15) is 6.61 Å². The molecule has 2 unspecified atom stereocenters. The van der Waals surface area contributed by atoms with E-state index in [1.807, 2.05) is 38.3 Å². The smallest absolute Gasteiger partial charge is 0.193 e. The van der Waals surface area contributed by atoms with Crippen molar-refractivity contribution in [3.05, 3.63) is 82.5 Å². The van der Waals surface area contributed by atoms with E-state index in [2.05, 4.69) is 45.9 Å². The molecule has 0 saturated carbocycles. The lowest BCUT2D eigenvalue weighted by Gasteiger charge is -2.41. The van der Waals surface area contributed by atoms with E-state index < -0.39 is 0 Å². The van der Waals surface area contributed by atoms with E-state index in [0.717, 1.165) is 59.0 Å². The summed E-state index contributed by atoms with van der Waals surface area (Å²) in [6.07, 6.45) is 16.8. The van der Waals surface area contributed by atoms with Crippen molar-refractivity contribution in [1.29, 1.82) is 0 Å². The molecule has 3 aliphatic rings. The maximum absolute atomic E-state index is 13.4. The van der Waals surface area contributed by atoms with Gasteiger partial charge in [0.2, 0.25) is 0 Å². The Morgan fingerprint density at radius 3 is 2.85 bits per heavy atom. The Balaban J connectivity index is 1.67. The third kappa shape index (κ3) is 5.75. The van der Waals surface area contributed by atoms with Gasteiger partial charge in [-0.1, -0.05) is 38.2 Å². The fourth-order valence-corrected chi connectivity index (χ4v) is 4.32. The molecule has 34 heavy (non-hydrogen) atoms. The molecule has 0 aromatic rings. The van der Waals surface area contributed by atoms with Crippen molar-refractivity contribution in [3.63, 3.8) is 0 Å². The molecule has 6 nitrogen and oxygen atoms in total. The molecular formula is C27H37N4O2P. The summed E-state index contributed by atoms with van der Waals surface area (Å²) in [4.78, 5) is 18.2.